The van der Waals surface area contributed by atoms with Crippen LogP contribution in [0.1, 0.15) is 12.1 Å². The van der Waals surface area contributed by atoms with Crippen molar-refractivity contribution in [1.82, 2.24) is 19.7 Å². The number of aryl methyl sites for hydroxylation is 2. The van der Waals surface area contributed by atoms with Gasteiger partial charge in [-0.05, 0) is 13.3 Å². The molecule has 1 aliphatic heterocycles. The highest BCUT2D eigenvalue weighted by Gasteiger charge is 2.34. The van der Waals surface area contributed by atoms with E-state index in [1.807, 2.05) is 13.0 Å². The SMILES string of the molecule is Cc1cc(N2CCC(Nc3ncc([N+](=O)[O-])c(N)n3)C2=O)n(C)n1. The quantitative estimate of drug-likeness (QED) is 0.597. The Labute approximate surface area is 136 Å². The van der Waals surface area contributed by atoms with E-state index in [1.165, 1.54) is 0 Å². The zero-order valence-corrected chi connectivity index (χ0v) is 13.1. The molecule has 1 unspecified atom stereocenters. The van der Waals surface area contributed by atoms with Crippen molar-refractivity contribution < 1.29 is 9.72 Å². The number of nitrogens with one attached hydrogen (secondary N) is 1. The molecule has 11 nitrogen and oxygen atoms in total. The van der Waals surface area contributed by atoms with Crippen LogP contribution in [0.4, 0.5) is 23.3 Å². The van der Waals surface area contributed by atoms with Gasteiger partial charge < -0.3 is 11.1 Å². The minimum Gasteiger partial charge on any atom is -0.378 e. The zero-order chi connectivity index (χ0) is 17.4. The van der Waals surface area contributed by atoms with Crippen LogP contribution in [0.25, 0.3) is 0 Å². The van der Waals surface area contributed by atoms with Crippen LogP contribution in [-0.4, -0.2) is 43.2 Å². The minimum atomic E-state index is -0.660. The zero-order valence-electron chi connectivity index (χ0n) is 13.1. The summed E-state index contributed by atoms with van der Waals surface area (Å²) in [6.07, 6.45) is 1.57. The minimum absolute atomic E-state index is 0.0829. The second-order valence-corrected chi connectivity index (χ2v) is 5.46. The number of nitrogens with two attached hydrogens (primary N) is 1. The average molecular weight is 332 g/mol. The Morgan fingerprint density at radius 3 is 2.83 bits per heavy atom. The first kappa shape index (κ1) is 15.6. The second kappa shape index (κ2) is 5.76. The predicted octanol–water partition coefficient (Wildman–Crippen LogP) is 0.226. The fourth-order valence-electron chi connectivity index (χ4n) is 2.65. The van der Waals surface area contributed by atoms with Crippen molar-refractivity contribution in [3.05, 3.63) is 28.1 Å². The third-order valence-electron chi connectivity index (χ3n) is 3.76. The third-order valence-corrected chi connectivity index (χ3v) is 3.76. The highest BCUT2D eigenvalue weighted by molar-refractivity contribution is 6.00. The number of nitrogens with zero attached hydrogens (tertiary/aromatic N) is 6. The smallest absolute Gasteiger partial charge is 0.329 e. The first-order valence-electron chi connectivity index (χ1n) is 7.22. The van der Waals surface area contributed by atoms with Gasteiger partial charge in [0.15, 0.2) is 0 Å². The number of aromatic nitrogens is 4. The van der Waals surface area contributed by atoms with Gasteiger partial charge in [-0.15, -0.1) is 0 Å². The van der Waals surface area contributed by atoms with E-state index in [4.69, 9.17) is 5.73 Å². The van der Waals surface area contributed by atoms with Crippen molar-refractivity contribution >= 4 is 29.2 Å². The van der Waals surface area contributed by atoms with Gasteiger partial charge in [-0.3, -0.25) is 24.5 Å². The molecule has 2 aromatic heterocycles. The van der Waals surface area contributed by atoms with Gasteiger partial charge in [0.1, 0.15) is 18.1 Å². The van der Waals surface area contributed by atoms with Crippen molar-refractivity contribution in [3.63, 3.8) is 0 Å². The molecule has 3 rings (SSSR count). The van der Waals surface area contributed by atoms with Gasteiger partial charge >= 0.3 is 5.69 Å². The topological polar surface area (TPSA) is 145 Å². The molecule has 1 atom stereocenters. The average Bonchev–Trinajstić information content (AvgIpc) is 3.01. The van der Waals surface area contributed by atoms with E-state index >= 15 is 0 Å². The number of nitrogen functional groups attached to an aromatic ring is 1. The summed E-state index contributed by atoms with van der Waals surface area (Å²) in [7, 11) is 1.77. The molecule has 126 valence electrons. The lowest BCUT2D eigenvalue weighted by Gasteiger charge is -2.16. The summed E-state index contributed by atoms with van der Waals surface area (Å²) in [6.45, 7) is 2.38. The molecule has 0 aromatic carbocycles. The molecule has 24 heavy (non-hydrogen) atoms. The van der Waals surface area contributed by atoms with E-state index in [0.717, 1.165) is 11.9 Å². The van der Waals surface area contributed by atoms with Crippen LogP contribution in [0.15, 0.2) is 12.3 Å². The molecule has 0 bridgehead atoms. The first-order chi connectivity index (χ1) is 11.4. The van der Waals surface area contributed by atoms with Gasteiger partial charge in [-0.1, -0.05) is 0 Å². The molecular weight excluding hydrogens is 316 g/mol. The number of amides is 1. The van der Waals surface area contributed by atoms with E-state index in [2.05, 4.69) is 20.4 Å². The van der Waals surface area contributed by atoms with E-state index in [0.29, 0.717) is 18.8 Å². The largest absolute Gasteiger partial charge is 0.378 e. The maximum absolute atomic E-state index is 12.6. The molecule has 1 aliphatic rings. The molecular formula is C13H16N8O3. The Hall–Kier alpha value is -3.24. The number of nitro groups is 1. The van der Waals surface area contributed by atoms with Crippen LogP contribution in [0, 0.1) is 17.0 Å². The number of anilines is 3. The first-order valence-corrected chi connectivity index (χ1v) is 7.22. The van der Waals surface area contributed by atoms with Gasteiger partial charge in [0, 0.05) is 19.7 Å². The van der Waals surface area contributed by atoms with Gasteiger partial charge in [0.2, 0.25) is 11.8 Å². The van der Waals surface area contributed by atoms with Crippen molar-refractivity contribution in [2.45, 2.75) is 19.4 Å². The Morgan fingerprint density at radius 2 is 2.25 bits per heavy atom. The number of carbonyl (C=O) groups is 1. The molecule has 0 aliphatic carbocycles. The Morgan fingerprint density at radius 1 is 1.50 bits per heavy atom. The number of hydrogen-bond acceptors (Lipinski definition) is 8. The number of hydrogen-bond donors (Lipinski definition) is 2. The summed E-state index contributed by atoms with van der Waals surface area (Å²) in [5.41, 5.74) is 5.98. The fourth-order valence-corrected chi connectivity index (χ4v) is 2.65. The molecule has 0 spiro atoms. The lowest BCUT2D eigenvalue weighted by molar-refractivity contribution is -0.384. The molecule has 2 aromatic rings. The highest BCUT2D eigenvalue weighted by Crippen LogP contribution is 2.24. The summed E-state index contributed by atoms with van der Waals surface area (Å²) < 4.78 is 1.65. The summed E-state index contributed by atoms with van der Waals surface area (Å²) in [5.74, 6) is 0.408. The third kappa shape index (κ3) is 2.71. The van der Waals surface area contributed by atoms with Crippen LogP contribution in [0.2, 0.25) is 0 Å². The summed E-state index contributed by atoms with van der Waals surface area (Å²) in [6, 6.07) is 1.31. The summed E-state index contributed by atoms with van der Waals surface area (Å²) in [4.78, 5) is 31.9. The summed E-state index contributed by atoms with van der Waals surface area (Å²) in [5, 5.41) is 17.8. The molecule has 0 radical (unpaired) electrons. The standard InChI is InChI=1S/C13H16N8O3/c1-7-5-10(19(2)18-7)20-4-3-8(12(20)22)16-13-15-6-9(21(23)24)11(14)17-13/h5-6,8H,3-4H2,1-2H3,(H3,14,15,16,17). The molecule has 1 amide bonds. The lowest BCUT2D eigenvalue weighted by Crippen LogP contribution is -2.34. The maximum atomic E-state index is 12.6. The van der Waals surface area contributed by atoms with Crippen molar-refractivity contribution in [2.24, 2.45) is 7.05 Å². The van der Waals surface area contributed by atoms with Crippen molar-refractivity contribution in [2.75, 3.05) is 22.5 Å². The van der Waals surface area contributed by atoms with E-state index in [9.17, 15) is 14.9 Å². The fraction of sp³-hybridized carbons (Fsp3) is 0.385. The highest BCUT2D eigenvalue weighted by atomic mass is 16.6. The van der Waals surface area contributed by atoms with E-state index in [-0.39, 0.29) is 23.4 Å². The van der Waals surface area contributed by atoms with Crippen LogP contribution in [0.5, 0.6) is 0 Å². The van der Waals surface area contributed by atoms with E-state index in [1.54, 1.807) is 16.6 Å². The van der Waals surface area contributed by atoms with Crippen molar-refractivity contribution in [3.8, 4) is 0 Å². The van der Waals surface area contributed by atoms with Crippen LogP contribution in [-0.2, 0) is 11.8 Å². The molecule has 3 N–H and O–H groups in total. The Kier molecular flexibility index (Phi) is 3.75. The van der Waals surface area contributed by atoms with E-state index < -0.39 is 11.0 Å². The summed E-state index contributed by atoms with van der Waals surface area (Å²) >= 11 is 0. The Balaban J connectivity index is 1.75. The van der Waals surface area contributed by atoms with Gasteiger partial charge in [-0.25, -0.2) is 4.98 Å². The second-order valence-electron chi connectivity index (χ2n) is 5.46. The number of rotatable bonds is 4. The molecule has 0 saturated carbocycles. The molecule has 3 heterocycles. The van der Waals surface area contributed by atoms with Gasteiger partial charge in [-0.2, -0.15) is 10.1 Å². The van der Waals surface area contributed by atoms with Crippen LogP contribution in [0.3, 0.4) is 0 Å². The van der Waals surface area contributed by atoms with Crippen LogP contribution < -0.4 is 16.0 Å². The lowest BCUT2D eigenvalue weighted by atomic mass is 10.2. The Bertz CT molecular complexity index is 818. The number of carbonyl (C=O) groups excluding carboxylic acids is 1. The van der Waals surface area contributed by atoms with Crippen molar-refractivity contribution in [1.29, 1.82) is 0 Å². The maximum Gasteiger partial charge on any atom is 0.329 e. The van der Waals surface area contributed by atoms with Gasteiger partial charge in [0.25, 0.3) is 5.91 Å². The predicted molar refractivity (Wildman–Crippen MR) is 85.4 cm³/mol. The van der Waals surface area contributed by atoms with Gasteiger partial charge in [0.05, 0.1) is 10.6 Å². The van der Waals surface area contributed by atoms with Crippen LogP contribution >= 0.6 is 0 Å². The monoisotopic (exact) mass is 332 g/mol. The normalized spacial score (nSPS) is 17.3. The molecule has 1 fully saturated rings. The molecule has 11 heteroatoms. The molecule has 1 saturated heterocycles.